The van der Waals surface area contributed by atoms with Crippen molar-refractivity contribution in [3.8, 4) is 5.88 Å². The quantitative estimate of drug-likeness (QED) is 0.791. The van der Waals surface area contributed by atoms with Crippen molar-refractivity contribution in [1.82, 2.24) is 24.9 Å². The Morgan fingerprint density at radius 2 is 2.45 bits per heavy atom. The molecule has 1 fully saturated rings. The number of nitrogens with one attached hydrogen (secondary N) is 2. The van der Waals surface area contributed by atoms with Crippen molar-refractivity contribution in [1.29, 1.82) is 0 Å². The molecular formula is C12H17N5O3. The summed E-state index contributed by atoms with van der Waals surface area (Å²) in [7, 11) is 0. The van der Waals surface area contributed by atoms with E-state index in [-0.39, 0.29) is 17.4 Å². The first kappa shape index (κ1) is 13.1. The molecule has 108 valence electrons. The van der Waals surface area contributed by atoms with Crippen molar-refractivity contribution in [2.45, 2.75) is 25.6 Å². The molecule has 0 radical (unpaired) electrons. The highest BCUT2D eigenvalue weighted by Gasteiger charge is 2.28. The lowest BCUT2D eigenvalue weighted by Gasteiger charge is -2.36. The number of hydrogen-bond donors (Lipinski definition) is 2. The van der Waals surface area contributed by atoms with E-state index in [1.807, 2.05) is 13.8 Å². The molecule has 1 unspecified atom stereocenters. The summed E-state index contributed by atoms with van der Waals surface area (Å²) < 4.78 is 12.8. The Bertz CT molecular complexity index is 662. The standard InChI is InChI=1S/C12H17N5O3/c1-12(2)6-13-4-8(20-12)5-19-10-3-9-15-16-11(18)17(9)7-14-10/h3,7-8,13H,4-6H2,1-2H3,(H,16,18). The van der Waals surface area contributed by atoms with E-state index < -0.39 is 0 Å². The van der Waals surface area contributed by atoms with Crippen LogP contribution in [0.25, 0.3) is 5.65 Å². The Kier molecular flexibility index (Phi) is 3.19. The lowest BCUT2D eigenvalue weighted by Crippen LogP contribution is -2.52. The highest BCUT2D eigenvalue weighted by molar-refractivity contribution is 5.38. The van der Waals surface area contributed by atoms with Crippen molar-refractivity contribution in [3.05, 3.63) is 22.9 Å². The number of nitrogens with zero attached hydrogens (tertiary/aromatic N) is 3. The van der Waals surface area contributed by atoms with Crippen LogP contribution in [-0.4, -0.2) is 51.0 Å². The number of aromatic amines is 1. The Labute approximate surface area is 115 Å². The van der Waals surface area contributed by atoms with Crippen molar-refractivity contribution in [2.24, 2.45) is 0 Å². The van der Waals surface area contributed by atoms with E-state index in [0.717, 1.165) is 13.1 Å². The summed E-state index contributed by atoms with van der Waals surface area (Å²) in [6.07, 6.45) is 1.36. The molecular weight excluding hydrogens is 262 g/mol. The van der Waals surface area contributed by atoms with E-state index in [2.05, 4.69) is 20.5 Å². The van der Waals surface area contributed by atoms with Gasteiger partial charge in [0.1, 0.15) is 19.0 Å². The molecule has 3 heterocycles. The molecule has 2 aromatic rings. The van der Waals surface area contributed by atoms with E-state index in [0.29, 0.717) is 18.1 Å². The number of fused-ring (bicyclic) bond motifs is 1. The van der Waals surface area contributed by atoms with Gasteiger partial charge in [-0.1, -0.05) is 0 Å². The monoisotopic (exact) mass is 279 g/mol. The molecule has 8 nitrogen and oxygen atoms in total. The summed E-state index contributed by atoms with van der Waals surface area (Å²) in [5, 5.41) is 9.51. The normalized spacial score (nSPS) is 22.0. The van der Waals surface area contributed by atoms with Crippen LogP contribution in [0, 0.1) is 0 Å². The van der Waals surface area contributed by atoms with Gasteiger partial charge in [-0.15, -0.1) is 0 Å². The second-order valence-corrected chi connectivity index (χ2v) is 5.43. The number of H-pyrrole nitrogens is 1. The zero-order valence-corrected chi connectivity index (χ0v) is 11.4. The number of rotatable bonds is 3. The smallest absolute Gasteiger partial charge is 0.348 e. The largest absolute Gasteiger partial charge is 0.475 e. The van der Waals surface area contributed by atoms with E-state index in [1.165, 1.54) is 10.7 Å². The van der Waals surface area contributed by atoms with E-state index in [9.17, 15) is 4.79 Å². The number of morpholine rings is 1. The first-order valence-electron chi connectivity index (χ1n) is 6.48. The van der Waals surface area contributed by atoms with Gasteiger partial charge < -0.3 is 14.8 Å². The summed E-state index contributed by atoms with van der Waals surface area (Å²) in [5.74, 6) is 0.420. The minimum atomic E-state index is -0.319. The fourth-order valence-corrected chi connectivity index (χ4v) is 2.21. The van der Waals surface area contributed by atoms with Gasteiger partial charge in [0, 0.05) is 19.2 Å². The molecule has 1 atom stereocenters. The number of aromatic nitrogens is 4. The van der Waals surface area contributed by atoms with Gasteiger partial charge in [0.05, 0.1) is 5.60 Å². The first-order valence-corrected chi connectivity index (χ1v) is 6.48. The summed E-state index contributed by atoms with van der Waals surface area (Å²) in [5.41, 5.74) is -0.0391. The average molecular weight is 279 g/mol. The molecule has 0 amide bonds. The van der Waals surface area contributed by atoms with E-state index >= 15 is 0 Å². The van der Waals surface area contributed by atoms with Crippen LogP contribution in [0.1, 0.15) is 13.8 Å². The highest BCUT2D eigenvalue weighted by Crippen LogP contribution is 2.16. The average Bonchev–Trinajstić information content (AvgIpc) is 2.77. The Balaban J connectivity index is 1.66. The molecule has 2 aromatic heterocycles. The van der Waals surface area contributed by atoms with Crippen LogP contribution in [0.15, 0.2) is 17.2 Å². The van der Waals surface area contributed by atoms with Crippen molar-refractivity contribution >= 4 is 5.65 Å². The minimum absolute atomic E-state index is 0.0295. The van der Waals surface area contributed by atoms with Gasteiger partial charge in [-0.05, 0) is 13.8 Å². The Morgan fingerprint density at radius 1 is 1.60 bits per heavy atom. The minimum Gasteiger partial charge on any atom is -0.475 e. The number of hydrogen-bond acceptors (Lipinski definition) is 6. The fraction of sp³-hybridized carbons (Fsp3) is 0.583. The molecule has 1 saturated heterocycles. The first-order chi connectivity index (χ1) is 9.53. The molecule has 8 heteroatoms. The topological polar surface area (TPSA) is 93.5 Å². The molecule has 0 aromatic carbocycles. The van der Waals surface area contributed by atoms with Gasteiger partial charge in [-0.3, -0.25) is 0 Å². The molecule has 0 saturated carbocycles. The molecule has 1 aliphatic rings. The van der Waals surface area contributed by atoms with Crippen LogP contribution >= 0.6 is 0 Å². The maximum atomic E-state index is 11.3. The predicted molar refractivity (Wildman–Crippen MR) is 70.9 cm³/mol. The summed E-state index contributed by atoms with van der Waals surface area (Å²) in [6.45, 7) is 6.03. The van der Waals surface area contributed by atoms with Gasteiger partial charge >= 0.3 is 5.69 Å². The zero-order valence-electron chi connectivity index (χ0n) is 11.4. The summed E-state index contributed by atoms with van der Waals surface area (Å²) in [6, 6.07) is 1.61. The maximum absolute atomic E-state index is 11.3. The van der Waals surface area contributed by atoms with Gasteiger partial charge in [-0.2, -0.15) is 5.10 Å². The molecule has 20 heavy (non-hydrogen) atoms. The van der Waals surface area contributed by atoms with Crippen LogP contribution in [0.3, 0.4) is 0 Å². The third-order valence-electron chi connectivity index (χ3n) is 3.11. The van der Waals surface area contributed by atoms with Crippen molar-refractivity contribution in [2.75, 3.05) is 19.7 Å². The molecule has 0 aliphatic carbocycles. The van der Waals surface area contributed by atoms with Crippen LogP contribution in [0.2, 0.25) is 0 Å². The predicted octanol–water partition coefficient (Wildman–Crippen LogP) is -0.437. The van der Waals surface area contributed by atoms with Gasteiger partial charge in [-0.25, -0.2) is 19.3 Å². The second kappa shape index (κ2) is 4.88. The molecule has 2 N–H and O–H groups in total. The lowest BCUT2D eigenvalue weighted by molar-refractivity contribution is -0.107. The van der Waals surface area contributed by atoms with Crippen molar-refractivity contribution in [3.63, 3.8) is 0 Å². The van der Waals surface area contributed by atoms with E-state index in [4.69, 9.17) is 9.47 Å². The summed E-state index contributed by atoms with van der Waals surface area (Å²) in [4.78, 5) is 15.4. The molecule has 1 aliphatic heterocycles. The number of ether oxygens (including phenoxy) is 2. The van der Waals surface area contributed by atoms with Gasteiger partial charge in [0.25, 0.3) is 0 Å². The second-order valence-electron chi connectivity index (χ2n) is 5.43. The molecule has 0 bridgehead atoms. The zero-order chi connectivity index (χ0) is 14.2. The maximum Gasteiger partial charge on any atom is 0.348 e. The Hall–Kier alpha value is -1.93. The van der Waals surface area contributed by atoms with Crippen LogP contribution in [-0.2, 0) is 4.74 Å². The third kappa shape index (κ3) is 2.66. The van der Waals surface area contributed by atoms with Crippen molar-refractivity contribution < 1.29 is 9.47 Å². The SMILES string of the molecule is CC1(C)CNCC(COc2cc3n[nH]c(=O)n3cn2)O1. The third-order valence-corrected chi connectivity index (χ3v) is 3.11. The van der Waals surface area contributed by atoms with Gasteiger partial charge in [0.15, 0.2) is 5.65 Å². The fourth-order valence-electron chi connectivity index (χ4n) is 2.21. The van der Waals surface area contributed by atoms with Crippen LogP contribution < -0.4 is 15.7 Å². The van der Waals surface area contributed by atoms with E-state index in [1.54, 1.807) is 6.07 Å². The van der Waals surface area contributed by atoms with Gasteiger partial charge in [0.2, 0.25) is 5.88 Å². The lowest BCUT2D eigenvalue weighted by atomic mass is 10.1. The highest BCUT2D eigenvalue weighted by atomic mass is 16.6. The molecule has 0 spiro atoms. The Morgan fingerprint density at radius 3 is 3.25 bits per heavy atom. The van der Waals surface area contributed by atoms with Crippen LogP contribution in [0.5, 0.6) is 5.88 Å². The molecule has 3 rings (SSSR count). The van der Waals surface area contributed by atoms with Crippen LogP contribution in [0.4, 0.5) is 0 Å². The summed E-state index contributed by atoms with van der Waals surface area (Å²) >= 11 is 0.